The molecule has 0 saturated heterocycles. The molecule has 0 saturated carbocycles. The highest BCUT2D eigenvalue weighted by Crippen LogP contribution is 1.95. The van der Waals surface area contributed by atoms with Gasteiger partial charge in [0.2, 0.25) is 0 Å². The number of hydrogen-bond acceptors (Lipinski definition) is 4. The molecule has 0 rings (SSSR count). The van der Waals surface area contributed by atoms with Gasteiger partial charge >= 0.3 is 9.28 Å². The monoisotopic (exact) mass is 256 g/mol. The maximum atomic E-state index is 5.42. The lowest BCUT2D eigenvalue weighted by atomic mass is 10.4. The summed E-state index contributed by atoms with van der Waals surface area (Å²) >= 11 is 0. The molecule has 0 atom stereocenters. The second kappa shape index (κ2) is 10.1. The first-order chi connectivity index (χ1) is 8.13. The fraction of sp³-hybridized carbons (Fsp3) is 0.500. The van der Waals surface area contributed by atoms with Crippen LogP contribution in [-0.2, 0) is 9.05 Å². The molecule has 0 radical (unpaired) electrons. The van der Waals surface area contributed by atoms with Crippen LogP contribution in [0.15, 0.2) is 35.8 Å². The van der Waals surface area contributed by atoms with E-state index in [9.17, 15) is 0 Å². The van der Waals surface area contributed by atoms with Crippen LogP contribution in [0.5, 0.6) is 0 Å². The van der Waals surface area contributed by atoms with E-state index in [1.165, 1.54) is 0 Å². The fourth-order valence-electron chi connectivity index (χ4n) is 1.12. The summed E-state index contributed by atoms with van der Waals surface area (Å²) in [7, 11) is -1.92. The van der Waals surface area contributed by atoms with Crippen molar-refractivity contribution in [1.82, 2.24) is 11.0 Å². The van der Waals surface area contributed by atoms with E-state index in [-0.39, 0.29) is 0 Å². The maximum absolute atomic E-state index is 5.42. The van der Waals surface area contributed by atoms with Crippen molar-refractivity contribution < 1.29 is 9.05 Å². The Morgan fingerprint density at radius 1 is 1.06 bits per heavy atom. The Balaban J connectivity index is 3.96. The normalized spacial score (nSPS) is 14.4. The van der Waals surface area contributed by atoms with Gasteiger partial charge in [0.05, 0.1) is 0 Å². The summed E-state index contributed by atoms with van der Waals surface area (Å²) in [6.07, 6.45) is 6.04. The van der Waals surface area contributed by atoms with Gasteiger partial charge in [-0.1, -0.05) is 26.0 Å². The van der Waals surface area contributed by atoms with E-state index in [4.69, 9.17) is 9.05 Å². The van der Waals surface area contributed by atoms with E-state index < -0.39 is 9.28 Å². The van der Waals surface area contributed by atoms with E-state index in [2.05, 4.69) is 31.4 Å². The lowest BCUT2D eigenvalue weighted by Crippen LogP contribution is -2.33. The van der Waals surface area contributed by atoms with Gasteiger partial charge in [-0.2, -0.15) is 0 Å². The van der Waals surface area contributed by atoms with Crippen molar-refractivity contribution in [2.75, 3.05) is 0 Å². The summed E-state index contributed by atoms with van der Waals surface area (Å²) in [5.41, 5.74) is 9.39. The van der Waals surface area contributed by atoms with Crippen molar-refractivity contribution in [3.05, 3.63) is 35.8 Å². The molecule has 0 spiro atoms. The minimum Gasteiger partial charge on any atom is -0.285 e. The first-order valence-corrected chi connectivity index (χ1v) is 7.54. The van der Waals surface area contributed by atoms with E-state index in [1.54, 1.807) is 5.70 Å². The van der Waals surface area contributed by atoms with Gasteiger partial charge in [0.15, 0.2) is 0 Å². The summed E-state index contributed by atoms with van der Waals surface area (Å²) < 4.78 is 10.8. The molecular weight excluding hydrogens is 232 g/mol. The molecule has 98 valence electrons. The van der Waals surface area contributed by atoms with Crippen molar-refractivity contribution in [2.45, 2.75) is 40.5 Å². The fourth-order valence-corrected chi connectivity index (χ4v) is 1.96. The average molecular weight is 256 g/mol. The second-order valence-corrected chi connectivity index (χ2v) is 5.31. The standard InChI is InChI=1S/C12H24N2O2Si/c1-6-9-11(4)13-15-17(8-3)16-14-12(5)10-7-2/h8-10,13-14,17H,3,6-7H2,1-2,4-5H3. The highest BCUT2D eigenvalue weighted by Gasteiger charge is 2.09. The van der Waals surface area contributed by atoms with Gasteiger partial charge in [-0.05, 0) is 32.4 Å². The zero-order chi connectivity index (χ0) is 13.1. The summed E-state index contributed by atoms with van der Waals surface area (Å²) in [5, 5.41) is 0. The molecule has 0 aromatic heterocycles. The summed E-state index contributed by atoms with van der Waals surface area (Å²) in [5.74, 6) is 0. The van der Waals surface area contributed by atoms with E-state index in [0.717, 1.165) is 24.2 Å². The Labute approximate surface area is 106 Å². The van der Waals surface area contributed by atoms with Gasteiger partial charge in [-0.3, -0.25) is 20.0 Å². The highest BCUT2D eigenvalue weighted by atomic mass is 28.3. The first kappa shape index (κ1) is 16.0. The van der Waals surface area contributed by atoms with Crippen LogP contribution in [0.4, 0.5) is 0 Å². The molecule has 0 aliphatic carbocycles. The minimum atomic E-state index is -1.92. The number of nitrogens with one attached hydrogen (secondary N) is 2. The molecule has 0 bridgehead atoms. The van der Waals surface area contributed by atoms with Crippen molar-refractivity contribution in [2.24, 2.45) is 0 Å². The molecule has 0 aliphatic rings. The second-order valence-electron chi connectivity index (χ2n) is 3.63. The number of hydrogen-bond donors (Lipinski definition) is 2. The third-order valence-electron chi connectivity index (χ3n) is 1.89. The molecule has 4 nitrogen and oxygen atoms in total. The zero-order valence-corrected chi connectivity index (χ0v) is 12.4. The van der Waals surface area contributed by atoms with Crippen molar-refractivity contribution in [3.63, 3.8) is 0 Å². The molecule has 17 heavy (non-hydrogen) atoms. The Bertz CT molecular complexity index is 254. The first-order valence-electron chi connectivity index (χ1n) is 5.93. The van der Waals surface area contributed by atoms with Crippen LogP contribution in [0.1, 0.15) is 40.5 Å². The van der Waals surface area contributed by atoms with Crippen LogP contribution >= 0.6 is 0 Å². The third kappa shape index (κ3) is 8.73. The van der Waals surface area contributed by atoms with E-state index in [0.29, 0.717) is 0 Å². The summed E-state index contributed by atoms with van der Waals surface area (Å²) in [6, 6.07) is 0. The zero-order valence-electron chi connectivity index (χ0n) is 11.2. The number of rotatable bonds is 9. The number of allylic oxidation sites excluding steroid dienone is 4. The minimum absolute atomic E-state index is 0.972. The maximum Gasteiger partial charge on any atom is 0.399 e. The molecule has 0 aliphatic heterocycles. The lowest BCUT2D eigenvalue weighted by molar-refractivity contribution is 0.121. The Morgan fingerprint density at radius 3 is 1.76 bits per heavy atom. The van der Waals surface area contributed by atoms with Crippen LogP contribution in [0.25, 0.3) is 0 Å². The van der Waals surface area contributed by atoms with Crippen LogP contribution in [0.3, 0.4) is 0 Å². The van der Waals surface area contributed by atoms with Crippen molar-refractivity contribution >= 4 is 9.28 Å². The predicted octanol–water partition coefficient (Wildman–Crippen LogP) is 2.60. The molecule has 0 amide bonds. The average Bonchev–Trinajstić information content (AvgIpc) is 2.30. The predicted molar refractivity (Wildman–Crippen MR) is 73.9 cm³/mol. The SMILES string of the molecule is C=C[SiH](ONC(C)=CCC)ONC(C)=CCC. The topological polar surface area (TPSA) is 42.5 Å². The van der Waals surface area contributed by atoms with Gasteiger partial charge < -0.3 is 0 Å². The van der Waals surface area contributed by atoms with Crippen LogP contribution in [-0.4, -0.2) is 9.28 Å². The van der Waals surface area contributed by atoms with Gasteiger partial charge in [0.1, 0.15) is 0 Å². The third-order valence-corrected chi connectivity index (χ3v) is 2.97. The Hall–Kier alpha value is -1.04. The quantitative estimate of drug-likeness (QED) is 0.491. The molecule has 0 heterocycles. The summed E-state index contributed by atoms with van der Waals surface area (Å²) in [6.45, 7) is 11.8. The van der Waals surface area contributed by atoms with Gasteiger partial charge in [0.25, 0.3) is 0 Å². The molecule has 2 N–H and O–H groups in total. The van der Waals surface area contributed by atoms with E-state index in [1.807, 2.05) is 26.0 Å². The molecule has 0 fully saturated rings. The van der Waals surface area contributed by atoms with Crippen LogP contribution in [0, 0.1) is 0 Å². The molecule has 0 unspecified atom stereocenters. The van der Waals surface area contributed by atoms with Crippen LogP contribution < -0.4 is 11.0 Å². The van der Waals surface area contributed by atoms with Gasteiger partial charge in [-0.15, -0.1) is 6.58 Å². The summed E-state index contributed by atoms with van der Waals surface area (Å²) in [4.78, 5) is 0. The smallest absolute Gasteiger partial charge is 0.285 e. The molecular formula is C12H24N2O2Si. The largest absolute Gasteiger partial charge is 0.399 e. The lowest BCUT2D eigenvalue weighted by Gasteiger charge is -2.15. The van der Waals surface area contributed by atoms with Gasteiger partial charge in [0, 0.05) is 11.4 Å². The van der Waals surface area contributed by atoms with Crippen molar-refractivity contribution in [3.8, 4) is 0 Å². The van der Waals surface area contributed by atoms with Gasteiger partial charge in [-0.25, -0.2) is 0 Å². The number of hydroxylamine groups is 2. The van der Waals surface area contributed by atoms with Crippen molar-refractivity contribution in [1.29, 1.82) is 0 Å². The molecule has 5 heteroatoms. The Kier molecular flexibility index (Phi) is 9.51. The van der Waals surface area contributed by atoms with Crippen LogP contribution in [0.2, 0.25) is 0 Å². The molecule has 0 aromatic carbocycles. The van der Waals surface area contributed by atoms with E-state index >= 15 is 0 Å². The Morgan fingerprint density at radius 2 is 1.47 bits per heavy atom. The highest BCUT2D eigenvalue weighted by molar-refractivity contribution is 6.50. The molecule has 0 aromatic rings.